The molecule has 2 unspecified atom stereocenters. The molecule has 2 bridgehead atoms. The summed E-state index contributed by atoms with van der Waals surface area (Å²) in [5, 5.41) is 49.7. The Morgan fingerprint density at radius 1 is 0.949 bits per heavy atom. The molecule has 0 spiro atoms. The van der Waals surface area contributed by atoms with Gasteiger partial charge < -0.3 is 48.8 Å². The van der Waals surface area contributed by atoms with E-state index in [1.165, 1.54) is 34.6 Å². The van der Waals surface area contributed by atoms with Gasteiger partial charge in [0.25, 0.3) is 5.91 Å². The van der Waals surface area contributed by atoms with Crippen molar-refractivity contribution in [3.8, 4) is 0 Å². The summed E-state index contributed by atoms with van der Waals surface area (Å²) in [5.74, 6) is -5.90. The van der Waals surface area contributed by atoms with Crippen LogP contribution in [0.4, 0.5) is 9.59 Å². The molecule has 59 heavy (non-hydrogen) atoms. The molecule has 0 radical (unpaired) electrons. The molecule has 330 valence electrons. The highest BCUT2D eigenvalue weighted by molar-refractivity contribution is 6.03. The van der Waals surface area contributed by atoms with Gasteiger partial charge in [0.1, 0.15) is 29.5 Å². The van der Waals surface area contributed by atoms with Crippen LogP contribution in [0, 0.1) is 28.1 Å². The molecule has 0 aromatic heterocycles. The Bertz CT molecular complexity index is 1830. The van der Waals surface area contributed by atoms with Crippen molar-refractivity contribution < 1.29 is 77.6 Å². The van der Waals surface area contributed by atoms with Crippen molar-refractivity contribution in [2.75, 3.05) is 13.7 Å². The van der Waals surface area contributed by atoms with E-state index in [2.05, 4.69) is 0 Å². The lowest BCUT2D eigenvalue weighted by Gasteiger charge is -2.67. The molecule has 2 amide bonds. The van der Waals surface area contributed by atoms with E-state index in [1.807, 2.05) is 0 Å². The standard InChI is InChI=1S/C42H61NO16/c1-20-24-25(45)29(47)40(10)22(44)17-23-41(19-55-23,59-35(52)54-11)27(40)30(56-31(48)21-15-13-12-14-16-21)42(53,37(24,5)6)18-39(20,9)57-32(49)26(46)28(36(2,3)4)43-33(50)38(7,8)58-34(43)51/h21-23,25-28,30,44-46,53H,12-19H2,1-11H3/t22?,23-,25-,26-,27?,28-,30+,39+,40-,41+,42-/m1/s1. The number of carbonyl (C=O) groups is 6. The smallest absolute Gasteiger partial charge is 0.459 e. The molecule has 0 aromatic rings. The molecule has 4 aliphatic carbocycles. The molecule has 11 atom stereocenters. The highest BCUT2D eigenvalue weighted by Crippen LogP contribution is 2.65. The van der Waals surface area contributed by atoms with Crippen LogP contribution in [0.25, 0.3) is 0 Å². The number of ether oxygens (including phenoxy) is 6. The summed E-state index contributed by atoms with van der Waals surface area (Å²) in [6.07, 6.45) is -8.32. The van der Waals surface area contributed by atoms with Crippen molar-refractivity contribution in [3.63, 3.8) is 0 Å². The number of cyclic esters (lactones) is 1. The lowest BCUT2D eigenvalue weighted by molar-refractivity contribution is -0.347. The van der Waals surface area contributed by atoms with Crippen molar-refractivity contribution in [2.45, 2.75) is 173 Å². The lowest BCUT2D eigenvalue weighted by Crippen LogP contribution is -2.82. The number of fused-ring (bicyclic) bond motifs is 5. The summed E-state index contributed by atoms with van der Waals surface area (Å²) in [6.45, 7) is 14.6. The summed E-state index contributed by atoms with van der Waals surface area (Å²) >= 11 is 0. The Labute approximate surface area is 344 Å². The number of imide groups is 1. The minimum absolute atomic E-state index is 0.0889. The Morgan fingerprint density at radius 3 is 2.07 bits per heavy atom. The maximum absolute atomic E-state index is 15.1. The Balaban J connectivity index is 1.53. The molecule has 3 saturated carbocycles. The van der Waals surface area contributed by atoms with E-state index in [9.17, 15) is 44.4 Å². The second kappa shape index (κ2) is 14.5. The summed E-state index contributed by atoms with van der Waals surface area (Å²) in [4.78, 5) is 84.1. The zero-order valence-electron chi connectivity index (χ0n) is 35.9. The van der Waals surface area contributed by atoms with Crippen LogP contribution in [0.1, 0.15) is 114 Å². The third-order valence-corrected chi connectivity index (χ3v) is 14.7. The van der Waals surface area contributed by atoms with Crippen molar-refractivity contribution in [2.24, 2.45) is 28.1 Å². The number of hydrogen-bond donors (Lipinski definition) is 4. The van der Waals surface area contributed by atoms with E-state index in [-0.39, 0.29) is 24.2 Å². The number of aliphatic hydroxyl groups excluding tert-OH is 3. The van der Waals surface area contributed by atoms with E-state index in [1.54, 1.807) is 34.6 Å². The second-order valence-corrected chi connectivity index (χ2v) is 20.0. The van der Waals surface area contributed by atoms with Crippen LogP contribution in [-0.4, -0.2) is 134 Å². The van der Waals surface area contributed by atoms with Gasteiger partial charge in [-0.05, 0) is 64.0 Å². The highest BCUT2D eigenvalue weighted by atomic mass is 16.8. The van der Waals surface area contributed by atoms with Gasteiger partial charge in [-0.1, -0.05) is 53.9 Å². The van der Waals surface area contributed by atoms with E-state index in [0.29, 0.717) is 17.7 Å². The van der Waals surface area contributed by atoms with Gasteiger partial charge in [0.15, 0.2) is 23.1 Å². The summed E-state index contributed by atoms with van der Waals surface area (Å²) in [7, 11) is 1.08. The average molecular weight is 836 g/mol. The van der Waals surface area contributed by atoms with Gasteiger partial charge in [0.05, 0.1) is 43.1 Å². The van der Waals surface area contributed by atoms with Gasteiger partial charge >= 0.3 is 24.2 Å². The maximum atomic E-state index is 15.1. The number of Topliss-reactive ketones (excluding diaryl/α,β-unsaturated/α-hetero) is 1. The fraction of sp³-hybridized carbons (Fsp3) is 0.810. The zero-order valence-corrected chi connectivity index (χ0v) is 35.9. The first-order valence-corrected chi connectivity index (χ1v) is 20.5. The van der Waals surface area contributed by atoms with E-state index >= 15 is 4.79 Å². The van der Waals surface area contributed by atoms with Crippen LogP contribution in [0.5, 0.6) is 0 Å². The van der Waals surface area contributed by atoms with Gasteiger partial charge in [-0.2, -0.15) is 0 Å². The average Bonchev–Trinajstić information content (AvgIpc) is 3.34. The first-order valence-electron chi connectivity index (χ1n) is 20.5. The number of nitrogens with zero attached hydrogens (tertiary/aromatic N) is 1. The Hall–Kier alpha value is -3.64. The van der Waals surface area contributed by atoms with Crippen LogP contribution in [0.2, 0.25) is 0 Å². The first-order chi connectivity index (χ1) is 27.1. The quantitative estimate of drug-likeness (QED) is 0.164. The molecule has 2 aliphatic heterocycles. The SMILES string of the molecule is COC(=O)O[C@@]12CO[C@@H]1CC(O)[C@@]1(C)C(=O)[C@H](O)C3=C(C)[C@@](C)(OC(=O)[C@H](O)[C@@H](N4C(=O)OC(C)(C)C4=O)C(C)(C)C)C[C@@](O)([C@@H](OC(=O)C4CCCCC4)C12)C3(C)C. The lowest BCUT2D eigenvalue weighted by atomic mass is 9.44. The molecule has 17 nitrogen and oxygen atoms in total. The van der Waals surface area contributed by atoms with Gasteiger partial charge in [0, 0.05) is 18.3 Å². The zero-order chi connectivity index (χ0) is 44.2. The number of aliphatic hydroxyl groups is 4. The Kier molecular flexibility index (Phi) is 11.0. The molecule has 6 aliphatic rings. The molecule has 2 saturated heterocycles. The minimum atomic E-state index is -2.40. The van der Waals surface area contributed by atoms with Crippen LogP contribution in [0.15, 0.2) is 11.1 Å². The van der Waals surface area contributed by atoms with Crippen LogP contribution in [-0.2, 0) is 47.6 Å². The van der Waals surface area contributed by atoms with Crippen LogP contribution < -0.4 is 0 Å². The predicted octanol–water partition coefficient (Wildman–Crippen LogP) is 3.04. The fourth-order valence-electron chi connectivity index (χ4n) is 11.1. The summed E-state index contributed by atoms with van der Waals surface area (Å²) in [5.41, 5.74) is -12.6. The van der Waals surface area contributed by atoms with Crippen molar-refractivity contribution in [3.05, 3.63) is 11.1 Å². The third-order valence-electron chi connectivity index (χ3n) is 14.7. The summed E-state index contributed by atoms with van der Waals surface area (Å²) in [6, 6.07) is -1.51. The minimum Gasteiger partial charge on any atom is -0.459 e. The monoisotopic (exact) mass is 835 g/mol. The van der Waals surface area contributed by atoms with Gasteiger partial charge in [-0.3, -0.25) is 14.4 Å². The van der Waals surface area contributed by atoms with Crippen LogP contribution >= 0.6 is 0 Å². The number of hydrogen-bond acceptors (Lipinski definition) is 16. The number of rotatable bonds is 7. The maximum Gasteiger partial charge on any atom is 0.508 e. The number of amides is 2. The van der Waals surface area contributed by atoms with Gasteiger partial charge in [-0.25, -0.2) is 19.3 Å². The fourth-order valence-corrected chi connectivity index (χ4v) is 11.1. The van der Waals surface area contributed by atoms with Gasteiger partial charge in [0.2, 0.25) is 0 Å². The number of methoxy groups -OCH3 is 1. The molecule has 0 aromatic carbocycles. The molecule has 6 rings (SSSR count). The van der Waals surface area contributed by atoms with Gasteiger partial charge in [-0.15, -0.1) is 0 Å². The largest absolute Gasteiger partial charge is 0.508 e. The third kappa shape index (κ3) is 6.59. The molecule has 4 N–H and O–H groups in total. The highest BCUT2D eigenvalue weighted by Gasteiger charge is 2.79. The number of ketones is 1. The summed E-state index contributed by atoms with van der Waals surface area (Å²) < 4.78 is 34.6. The van der Waals surface area contributed by atoms with E-state index < -0.39 is 129 Å². The predicted molar refractivity (Wildman–Crippen MR) is 203 cm³/mol. The topological polar surface area (TPSA) is 242 Å². The normalized spacial score (nSPS) is 39.0. The van der Waals surface area contributed by atoms with Crippen molar-refractivity contribution in [1.82, 2.24) is 4.90 Å². The molecule has 2 heterocycles. The first kappa shape index (κ1) is 44.9. The van der Waals surface area contributed by atoms with Crippen LogP contribution in [0.3, 0.4) is 0 Å². The number of esters is 2. The molecule has 5 fully saturated rings. The molecular formula is C42H61NO16. The molecular weight excluding hydrogens is 774 g/mol. The van der Waals surface area contributed by atoms with Crippen molar-refractivity contribution in [1.29, 1.82) is 0 Å². The van der Waals surface area contributed by atoms with E-state index in [0.717, 1.165) is 26.4 Å². The van der Waals surface area contributed by atoms with E-state index in [4.69, 9.17) is 28.4 Å². The van der Waals surface area contributed by atoms with Crippen molar-refractivity contribution >= 4 is 35.9 Å². The molecule has 17 heteroatoms. The second-order valence-electron chi connectivity index (χ2n) is 20.0. The number of carbonyl (C=O) groups excluding carboxylic acids is 6. The Morgan fingerprint density at radius 2 is 1.56 bits per heavy atom.